The number of benzene rings is 1. The molecule has 6 heteroatoms. The molecule has 0 fully saturated rings. The Kier molecular flexibility index (Phi) is 5.55. The van der Waals surface area contributed by atoms with E-state index in [0.29, 0.717) is 6.54 Å². The number of hydrogen-bond donors (Lipinski definition) is 2. The van der Waals surface area contributed by atoms with Crippen molar-refractivity contribution in [3.63, 3.8) is 0 Å². The largest absolute Gasteiger partial charge is 0.497 e. The topological polar surface area (TPSA) is 75.6 Å². The second-order valence-corrected chi connectivity index (χ2v) is 5.83. The van der Waals surface area contributed by atoms with Gasteiger partial charge in [0.2, 0.25) is 5.91 Å². The average Bonchev–Trinajstić information content (AvgIpc) is 3.00. The summed E-state index contributed by atoms with van der Waals surface area (Å²) in [6.45, 7) is 0.416. The van der Waals surface area contributed by atoms with E-state index in [-0.39, 0.29) is 18.7 Å². The lowest BCUT2D eigenvalue weighted by Crippen LogP contribution is -2.22. The Morgan fingerprint density at radius 1 is 1.14 bits per heavy atom. The lowest BCUT2D eigenvalue weighted by atomic mass is 10.2. The third-order valence-electron chi connectivity index (χ3n) is 3.06. The molecule has 0 atom stereocenters. The molecule has 0 aliphatic heterocycles. The first kappa shape index (κ1) is 16.0. The van der Waals surface area contributed by atoms with Crippen molar-refractivity contribution in [1.29, 1.82) is 0 Å². The highest BCUT2D eigenvalue weighted by Crippen LogP contribution is 2.29. The first-order valence-electron chi connectivity index (χ1n) is 6.80. The number of nitrogens with one attached hydrogen (secondary N) is 1. The summed E-state index contributed by atoms with van der Waals surface area (Å²) < 4.78 is 5.13. The second kappa shape index (κ2) is 7.61. The second-order valence-electron chi connectivity index (χ2n) is 4.66. The third-order valence-corrected chi connectivity index (χ3v) is 4.20. The molecule has 2 aromatic rings. The fraction of sp³-hybridized carbons (Fsp3) is 0.250. The van der Waals surface area contributed by atoms with Gasteiger partial charge in [-0.2, -0.15) is 0 Å². The number of amides is 1. The Balaban J connectivity index is 1.90. The number of hydrogen-bond acceptors (Lipinski definition) is 4. The maximum Gasteiger partial charge on any atom is 0.303 e. The van der Waals surface area contributed by atoms with E-state index in [1.165, 1.54) is 0 Å². The molecule has 0 unspecified atom stereocenters. The van der Waals surface area contributed by atoms with E-state index < -0.39 is 5.97 Å². The Bertz CT molecular complexity index is 648. The smallest absolute Gasteiger partial charge is 0.303 e. The Morgan fingerprint density at radius 2 is 1.86 bits per heavy atom. The zero-order valence-electron chi connectivity index (χ0n) is 12.2. The van der Waals surface area contributed by atoms with Gasteiger partial charge in [-0.25, -0.2) is 0 Å². The molecule has 0 bridgehead atoms. The van der Waals surface area contributed by atoms with Crippen LogP contribution in [0.1, 0.15) is 17.7 Å². The summed E-state index contributed by atoms with van der Waals surface area (Å²) >= 11 is 1.59. The molecule has 116 valence electrons. The molecule has 0 aliphatic rings. The van der Waals surface area contributed by atoms with Crippen LogP contribution < -0.4 is 10.1 Å². The lowest BCUT2D eigenvalue weighted by molar-refractivity contribution is -0.138. The van der Waals surface area contributed by atoms with Crippen LogP contribution in [0.25, 0.3) is 10.4 Å². The van der Waals surface area contributed by atoms with Crippen LogP contribution in [-0.2, 0) is 16.1 Å². The summed E-state index contributed by atoms with van der Waals surface area (Å²) in [4.78, 5) is 24.0. The van der Waals surface area contributed by atoms with Crippen LogP contribution in [0.15, 0.2) is 36.4 Å². The van der Waals surface area contributed by atoms with E-state index in [1.807, 2.05) is 36.4 Å². The summed E-state index contributed by atoms with van der Waals surface area (Å²) in [6.07, 6.45) is -0.139. The number of carboxylic acids is 1. The molecular formula is C16H17NO4S. The minimum atomic E-state index is -0.965. The maximum atomic E-state index is 11.5. The molecule has 0 saturated heterocycles. The summed E-state index contributed by atoms with van der Waals surface area (Å²) in [7, 11) is 1.63. The van der Waals surface area contributed by atoms with Crippen molar-refractivity contribution < 1.29 is 19.4 Å². The highest BCUT2D eigenvalue weighted by molar-refractivity contribution is 7.15. The molecular weight excluding hydrogens is 302 g/mol. The number of rotatable bonds is 7. The van der Waals surface area contributed by atoms with Gasteiger partial charge in [-0.15, -0.1) is 11.3 Å². The van der Waals surface area contributed by atoms with Crippen molar-refractivity contribution in [1.82, 2.24) is 5.32 Å². The number of aliphatic carboxylic acids is 1. The van der Waals surface area contributed by atoms with Crippen LogP contribution >= 0.6 is 11.3 Å². The van der Waals surface area contributed by atoms with Gasteiger partial charge < -0.3 is 15.2 Å². The number of ether oxygens (including phenoxy) is 1. The van der Waals surface area contributed by atoms with E-state index in [1.54, 1.807) is 18.4 Å². The van der Waals surface area contributed by atoms with E-state index in [2.05, 4.69) is 5.32 Å². The van der Waals surface area contributed by atoms with Crippen molar-refractivity contribution >= 4 is 23.2 Å². The SMILES string of the molecule is COc1ccc(-c2ccc(CNC(=O)CCC(=O)O)s2)cc1. The predicted molar refractivity (Wildman–Crippen MR) is 85.0 cm³/mol. The van der Waals surface area contributed by atoms with E-state index in [0.717, 1.165) is 21.1 Å². The van der Waals surface area contributed by atoms with Gasteiger partial charge in [0.15, 0.2) is 0 Å². The van der Waals surface area contributed by atoms with Gasteiger partial charge in [0.1, 0.15) is 5.75 Å². The normalized spacial score (nSPS) is 10.2. The number of thiophene rings is 1. The zero-order valence-corrected chi connectivity index (χ0v) is 13.0. The Labute approximate surface area is 132 Å². The molecule has 5 nitrogen and oxygen atoms in total. The molecule has 0 aliphatic carbocycles. The highest BCUT2D eigenvalue weighted by Gasteiger charge is 2.07. The summed E-state index contributed by atoms with van der Waals surface area (Å²) in [5.74, 6) is -0.402. The fourth-order valence-electron chi connectivity index (χ4n) is 1.88. The van der Waals surface area contributed by atoms with E-state index in [9.17, 15) is 9.59 Å². The molecule has 1 aromatic carbocycles. The van der Waals surface area contributed by atoms with Crippen molar-refractivity contribution in [3.05, 3.63) is 41.3 Å². The maximum absolute atomic E-state index is 11.5. The van der Waals surface area contributed by atoms with Gasteiger partial charge in [-0.3, -0.25) is 9.59 Å². The van der Waals surface area contributed by atoms with Crippen LogP contribution in [0, 0.1) is 0 Å². The average molecular weight is 319 g/mol. The van der Waals surface area contributed by atoms with Crippen molar-refractivity contribution in [2.75, 3.05) is 7.11 Å². The van der Waals surface area contributed by atoms with Crippen molar-refractivity contribution in [2.45, 2.75) is 19.4 Å². The van der Waals surface area contributed by atoms with Crippen LogP contribution in [0.5, 0.6) is 5.75 Å². The number of methoxy groups -OCH3 is 1. The lowest BCUT2D eigenvalue weighted by Gasteiger charge is -2.02. The van der Waals surface area contributed by atoms with Crippen molar-refractivity contribution in [2.24, 2.45) is 0 Å². The summed E-state index contributed by atoms with van der Waals surface area (Å²) in [5.41, 5.74) is 1.09. The predicted octanol–water partition coefficient (Wildman–Crippen LogP) is 2.90. The molecule has 2 N–H and O–H groups in total. The molecule has 0 radical (unpaired) electrons. The molecule has 1 heterocycles. The zero-order chi connectivity index (χ0) is 15.9. The van der Waals surface area contributed by atoms with Gasteiger partial charge >= 0.3 is 5.97 Å². The Hall–Kier alpha value is -2.34. The number of carboxylic acid groups (broad SMARTS) is 1. The number of carbonyl (C=O) groups is 2. The third kappa shape index (κ3) is 4.60. The minimum Gasteiger partial charge on any atom is -0.497 e. The highest BCUT2D eigenvalue weighted by atomic mass is 32.1. The quantitative estimate of drug-likeness (QED) is 0.823. The molecule has 1 aromatic heterocycles. The minimum absolute atomic E-state index is 0.00600. The first-order chi connectivity index (χ1) is 10.6. The van der Waals surface area contributed by atoms with E-state index >= 15 is 0 Å². The van der Waals surface area contributed by atoms with Crippen LogP contribution in [-0.4, -0.2) is 24.1 Å². The van der Waals surface area contributed by atoms with Gasteiger partial charge in [-0.05, 0) is 42.0 Å². The van der Waals surface area contributed by atoms with Gasteiger partial charge in [0, 0.05) is 16.2 Å². The van der Waals surface area contributed by atoms with Crippen LogP contribution in [0.2, 0.25) is 0 Å². The van der Waals surface area contributed by atoms with E-state index in [4.69, 9.17) is 9.84 Å². The fourth-order valence-corrected chi connectivity index (χ4v) is 2.83. The van der Waals surface area contributed by atoms with Gasteiger partial charge in [0.05, 0.1) is 20.1 Å². The molecule has 1 amide bonds. The van der Waals surface area contributed by atoms with Gasteiger partial charge in [0.25, 0.3) is 0 Å². The van der Waals surface area contributed by atoms with Crippen LogP contribution in [0.3, 0.4) is 0 Å². The van der Waals surface area contributed by atoms with Crippen LogP contribution in [0.4, 0.5) is 0 Å². The molecule has 0 spiro atoms. The Morgan fingerprint density at radius 3 is 2.50 bits per heavy atom. The summed E-state index contributed by atoms with van der Waals surface area (Å²) in [6, 6.07) is 11.7. The standard InChI is InChI=1S/C16H17NO4S/c1-21-12-4-2-11(3-5-12)14-7-6-13(22-14)10-17-15(18)8-9-16(19)20/h2-7H,8-10H2,1H3,(H,17,18)(H,19,20). The first-order valence-corrected chi connectivity index (χ1v) is 7.62. The summed E-state index contributed by atoms with van der Waals surface area (Å²) in [5, 5.41) is 11.3. The van der Waals surface area contributed by atoms with Crippen molar-refractivity contribution in [3.8, 4) is 16.2 Å². The monoisotopic (exact) mass is 319 g/mol. The molecule has 22 heavy (non-hydrogen) atoms. The molecule has 2 rings (SSSR count). The number of carbonyl (C=O) groups excluding carboxylic acids is 1. The molecule has 0 saturated carbocycles. The van der Waals surface area contributed by atoms with Gasteiger partial charge in [-0.1, -0.05) is 0 Å².